The minimum atomic E-state index is -3.54. The molecule has 0 bridgehead atoms. The zero-order valence-corrected chi connectivity index (χ0v) is 13.4. The molecule has 4 N–H and O–H groups in total. The van der Waals surface area contributed by atoms with Gasteiger partial charge in [-0.1, -0.05) is 0 Å². The van der Waals surface area contributed by atoms with E-state index in [9.17, 15) is 13.5 Å². The molecular formula is C15H24N2O3S. The highest BCUT2D eigenvalue weighted by atomic mass is 32.2. The van der Waals surface area contributed by atoms with Gasteiger partial charge in [0.25, 0.3) is 0 Å². The van der Waals surface area contributed by atoms with Crippen LogP contribution in [0.1, 0.15) is 36.8 Å². The van der Waals surface area contributed by atoms with Gasteiger partial charge in [0, 0.05) is 12.2 Å². The Bertz CT molecular complexity index is 606. The number of aliphatic hydroxyl groups excluding tert-OH is 1. The number of aliphatic hydroxyl groups is 1. The van der Waals surface area contributed by atoms with Crippen LogP contribution < -0.4 is 10.5 Å². The van der Waals surface area contributed by atoms with E-state index in [2.05, 4.69) is 4.72 Å². The van der Waals surface area contributed by atoms with E-state index in [4.69, 9.17) is 5.73 Å². The summed E-state index contributed by atoms with van der Waals surface area (Å²) in [5.41, 5.74) is 7.77. The smallest absolute Gasteiger partial charge is 0.240 e. The summed E-state index contributed by atoms with van der Waals surface area (Å²) in [6.45, 7) is 3.97. The lowest BCUT2D eigenvalue weighted by Crippen LogP contribution is -2.32. The van der Waals surface area contributed by atoms with Crippen LogP contribution in [0.25, 0.3) is 0 Å². The van der Waals surface area contributed by atoms with Gasteiger partial charge in [-0.05, 0) is 68.7 Å². The van der Waals surface area contributed by atoms with Crippen LogP contribution in [0.15, 0.2) is 17.0 Å². The molecule has 21 heavy (non-hydrogen) atoms. The van der Waals surface area contributed by atoms with Gasteiger partial charge in [-0.25, -0.2) is 13.1 Å². The zero-order valence-electron chi connectivity index (χ0n) is 12.6. The zero-order chi connectivity index (χ0) is 15.6. The van der Waals surface area contributed by atoms with Crippen molar-refractivity contribution in [1.29, 1.82) is 0 Å². The minimum Gasteiger partial charge on any atom is -0.398 e. The van der Waals surface area contributed by atoms with Crippen LogP contribution >= 0.6 is 0 Å². The molecule has 6 heteroatoms. The molecule has 1 aromatic rings. The van der Waals surface area contributed by atoms with Crippen molar-refractivity contribution < 1.29 is 13.5 Å². The third-order valence-electron chi connectivity index (χ3n) is 4.21. The average molecular weight is 312 g/mol. The van der Waals surface area contributed by atoms with E-state index >= 15 is 0 Å². The van der Waals surface area contributed by atoms with Crippen molar-refractivity contribution in [2.24, 2.45) is 5.92 Å². The normalized spacial score (nSPS) is 23.2. The number of benzene rings is 1. The standard InChI is InChI=1S/C15H24N2O3S/c1-10-7-14(16)11(2)15(8-10)21(19,20)17-9-12-3-5-13(18)6-4-12/h7-8,12-13,17-18H,3-6,9,16H2,1-2H3. The highest BCUT2D eigenvalue weighted by molar-refractivity contribution is 7.89. The lowest BCUT2D eigenvalue weighted by molar-refractivity contribution is 0.109. The average Bonchev–Trinajstić information content (AvgIpc) is 2.42. The van der Waals surface area contributed by atoms with E-state index in [0.29, 0.717) is 23.7 Å². The SMILES string of the molecule is Cc1cc(N)c(C)c(S(=O)(=O)NCC2CCC(O)CC2)c1. The fourth-order valence-corrected chi connectivity index (χ4v) is 4.26. The number of aryl methyl sites for hydroxylation is 1. The van der Waals surface area contributed by atoms with Crippen molar-refractivity contribution in [1.82, 2.24) is 4.72 Å². The number of nitrogens with two attached hydrogens (primary N) is 1. The molecule has 0 heterocycles. The first-order valence-corrected chi connectivity index (χ1v) is 8.82. The van der Waals surface area contributed by atoms with E-state index in [-0.39, 0.29) is 11.0 Å². The lowest BCUT2D eigenvalue weighted by atomic mass is 9.88. The number of nitrogen functional groups attached to an aromatic ring is 1. The fraction of sp³-hybridized carbons (Fsp3) is 0.600. The first-order chi connectivity index (χ1) is 9.79. The second-order valence-electron chi connectivity index (χ2n) is 6.00. The molecule has 5 nitrogen and oxygen atoms in total. The second kappa shape index (κ2) is 6.34. The van der Waals surface area contributed by atoms with Crippen LogP contribution in [-0.4, -0.2) is 26.2 Å². The Morgan fingerprint density at radius 2 is 1.86 bits per heavy atom. The molecule has 0 spiro atoms. The van der Waals surface area contributed by atoms with Crippen LogP contribution in [0.3, 0.4) is 0 Å². The highest BCUT2D eigenvalue weighted by Gasteiger charge is 2.23. The highest BCUT2D eigenvalue weighted by Crippen LogP contribution is 2.26. The fourth-order valence-electron chi connectivity index (χ4n) is 2.79. The Labute approximate surface area is 126 Å². The van der Waals surface area contributed by atoms with Gasteiger partial charge in [-0.2, -0.15) is 0 Å². The topological polar surface area (TPSA) is 92.4 Å². The van der Waals surface area contributed by atoms with Gasteiger partial charge in [0.1, 0.15) is 0 Å². The first kappa shape index (κ1) is 16.3. The number of anilines is 1. The molecule has 0 unspecified atom stereocenters. The number of nitrogens with one attached hydrogen (secondary N) is 1. The number of hydrogen-bond donors (Lipinski definition) is 3. The summed E-state index contributed by atoms with van der Waals surface area (Å²) in [6, 6.07) is 3.43. The molecule has 0 aromatic heterocycles. The van der Waals surface area contributed by atoms with E-state index in [0.717, 1.165) is 31.2 Å². The van der Waals surface area contributed by atoms with Gasteiger partial charge in [0.05, 0.1) is 11.0 Å². The van der Waals surface area contributed by atoms with E-state index in [1.807, 2.05) is 6.92 Å². The molecule has 1 saturated carbocycles. The molecule has 0 saturated heterocycles. The molecule has 0 atom stereocenters. The molecule has 1 aliphatic rings. The van der Waals surface area contributed by atoms with Crippen molar-refractivity contribution in [2.45, 2.75) is 50.5 Å². The van der Waals surface area contributed by atoms with Crippen molar-refractivity contribution in [2.75, 3.05) is 12.3 Å². The van der Waals surface area contributed by atoms with Crippen LogP contribution in [0.5, 0.6) is 0 Å². The number of rotatable bonds is 4. The Hall–Kier alpha value is -1.11. The van der Waals surface area contributed by atoms with Crippen molar-refractivity contribution in [3.8, 4) is 0 Å². The van der Waals surface area contributed by atoms with Crippen LogP contribution in [0.4, 0.5) is 5.69 Å². The molecular weight excluding hydrogens is 288 g/mol. The van der Waals surface area contributed by atoms with Crippen LogP contribution in [0, 0.1) is 19.8 Å². The Balaban J connectivity index is 2.09. The Kier molecular flexibility index (Phi) is 4.91. The Morgan fingerprint density at radius 1 is 1.24 bits per heavy atom. The maximum atomic E-state index is 12.4. The molecule has 0 aliphatic heterocycles. The summed E-state index contributed by atoms with van der Waals surface area (Å²) in [6.07, 6.45) is 3.00. The molecule has 2 rings (SSSR count). The first-order valence-electron chi connectivity index (χ1n) is 7.34. The van der Waals surface area contributed by atoms with Gasteiger partial charge in [0.2, 0.25) is 10.0 Å². The molecule has 118 valence electrons. The second-order valence-corrected chi connectivity index (χ2v) is 7.74. The Morgan fingerprint density at radius 3 is 2.48 bits per heavy atom. The van der Waals surface area contributed by atoms with Gasteiger partial charge in [-0.15, -0.1) is 0 Å². The summed E-state index contributed by atoms with van der Waals surface area (Å²) < 4.78 is 27.6. The van der Waals surface area contributed by atoms with Crippen LogP contribution in [-0.2, 0) is 10.0 Å². The van der Waals surface area contributed by atoms with Gasteiger partial charge in [-0.3, -0.25) is 0 Å². The molecule has 1 aliphatic carbocycles. The lowest BCUT2D eigenvalue weighted by Gasteiger charge is -2.25. The summed E-state index contributed by atoms with van der Waals surface area (Å²) in [5.74, 6) is 0.297. The van der Waals surface area contributed by atoms with Crippen molar-refractivity contribution in [3.63, 3.8) is 0 Å². The summed E-state index contributed by atoms with van der Waals surface area (Å²) in [4.78, 5) is 0.260. The third-order valence-corrected chi connectivity index (χ3v) is 5.76. The van der Waals surface area contributed by atoms with Crippen molar-refractivity contribution >= 4 is 15.7 Å². The summed E-state index contributed by atoms with van der Waals surface area (Å²) in [7, 11) is -3.54. The minimum absolute atomic E-state index is 0.225. The van der Waals surface area contributed by atoms with E-state index < -0.39 is 10.0 Å². The van der Waals surface area contributed by atoms with Gasteiger partial charge in [0.15, 0.2) is 0 Å². The maximum absolute atomic E-state index is 12.4. The number of hydrogen-bond acceptors (Lipinski definition) is 4. The maximum Gasteiger partial charge on any atom is 0.240 e. The molecule has 1 aromatic carbocycles. The monoisotopic (exact) mass is 312 g/mol. The predicted octanol–water partition coefficient (Wildman–Crippen LogP) is 1.72. The summed E-state index contributed by atoms with van der Waals surface area (Å²) in [5, 5.41) is 9.48. The molecule has 0 amide bonds. The van der Waals surface area contributed by atoms with E-state index in [1.165, 1.54) is 0 Å². The summed E-state index contributed by atoms with van der Waals surface area (Å²) >= 11 is 0. The largest absolute Gasteiger partial charge is 0.398 e. The number of sulfonamides is 1. The van der Waals surface area contributed by atoms with Gasteiger partial charge >= 0.3 is 0 Å². The van der Waals surface area contributed by atoms with Crippen molar-refractivity contribution in [3.05, 3.63) is 23.3 Å². The quantitative estimate of drug-likeness (QED) is 0.738. The van der Waals surface area contributed by atoms with Crippen LogP contribution in [0.2, 0.25) is 0 Å². The van der Waals surface area contributed by atoms with Gasteiger partial charge < -0.3 is 10.8 Å². The predicted molar refractivity (Wildman–Crippen MR) is 83.5 cm³/mol. The van der Waals surface area contributed by atoms with E-state index in [1.54, 1.807) is 19.1 Å². The third kappa shape index (κ3) is 3.96. The molecule has 0 radical (unpaired) electrons. The molecule has 1 fully saturated rings.